The molecule has 0 aliphatic heterocycles. The quantitative estimate of drug-likeness (QED) is 0.888. The summed E-state index contributed by atoms with van der Waals surface area (Å²) in [6, 6.07) is 10.3. The Balaban J connectivity index is 2.31. The first kappa shape index (κ1) is 11.1. The van der Waals surface area contributed by atoms with Gasteiger partial charge in [0.2, 0.25) is 0 Å². The van der Waals surface area contributed by atoms with Crippen LogP contribution in [0.3, 0.4) is 0 Å². The SMILES string of the molecule is OCc1c(F)cccc1Sc1ccccn1. The first-order chi connectivity index (χ1) is 7.81. The Kier molecular flexibility index (Phi) is 3.54. The predicted octanol–water partition coefficient (Wildman–Crippen LogP) is 2.86. The van der Waals surface area contributed by atoms with E-state index >= 15 is 0 Å². The number of hydrogen-bond donors (Lipinski definition) is 1. The van der Waals surface area contributed by atoms with Gasteiger partial charge >= 0.3 is 0 Å². The topological polar surface area (TPSA) is 33.1 Å². The highest BCUT2D eigenvalue weighted by Gasteiger charge is 2.08. The molecule has 2 nitrogen and oxygen atoms in total. The van der Waals surface area contributed by atoms with E-state index in [1.807, 2.05) is 18.2 Å². The maximum atomic E-state index is 13.4. The molecule has 0 amide bonds. The van der Waals surface area contributed by atoms with Crippen molar-refractivity contribution in [1.29, 1.82) is 0 Å². The maximum absolute atomic E-state index is 13.4. The maximum Gasteiger partial charge on any atom is 0.129 e. The summed E-state index contributed by atoms with van der Waals surface area (Å²) in [4.78, 5) is 4.83. The van der Waals surface area contributed by atoms with Crippen LogP contribution in [0.5, 0.6) is 0 Å². The monoisotopic (exact) mass is 235 g/mol. The Bertz CT molecular complexity index is 476. The number of halogens is 1. The lowest BCUT2D eigenvalue weighted by Crippen LogP contribution is -1.92. The van der Waals surface area contributed by atoms with E-state index in [9.17, 15) is 4.39 Å². The van der Waals surface area contributed by atoms with Crippen LogP contribution in [0.1, 0.15) is 5.56 Å². The van der Waals surface area contributed by atoms with Gasteiger partial charge in [0, 0.05) is 16.7 Å². The number of hydrogen-bond acceptors (Lipinski definition) is 3. The van der Waals surface area contributed by atoms with Crippen molar-refractivity contribution in [3.63, 3.8) is 0 Å². The minimum Gasteiger partial charge on any atom is -0.392 e. The molecule has 16 heavy (non-hydrogen) atoms. The highest BCUT2D eigenvalue weighted by molar-refractivity contribution is 7.99. The second-order valence-electron chi connectivity index (χ2n) is 3.14. The summed E-state index contributed by atoms with van der Waals surface area (Å²) >= 11 is 1.34. The molecule has 4 heteroatoms. The molecule has 1 aromatic carbocycles. The number of aliphatic hydroxyl groups excluding tert-OH is 1. The fraction of sp³-hybridized carbons (Fsp3) is 0.0833. The molecule has 0 aliphatic carbocycles. The number of aromatic nitrogens is 1. The molecule has 0 atom stereocenters. The first-order valence-electron chi connectivity index (χ1n) is 4.78. The molecular formula is C12H10FNOS. The van der Waals surface area contributed by atoms with Gasteiger partial charge in [-0.05, 0) is 24.3 Å². The van der Waals surface area contributed by atoms with Crippen molar-refractivity contribution in [2.45, 2.75) is 16.5 Å². The lowest BCUT2D eigenvalue weighted by Gasteiger charge is -2.06. The zero-order valence-electron chi connectivity index (χ0n) is 8.43. The Morgan fingerprint density at radius 2 is 2.06 bits per heavy atom. The average molecular weight is 235 g/mol. The van der Waals surface area contributed by atoms with Crippen LogP contribution in [0, 0.1) is 5.82 Å². The van der Waals surface area contributed by atoms with E-state index in [0.29, 0.717) is 10.5 Å². The van der Waals surface area contributed by atoms with Crippen LogP contribution in [0.15, 0.2) is 52.5 Å². The lowest BCUT2D eigenvalue weighted by molar-refractivity contribution is 0.272. The van der Waals surface area contributed by atoms with Crippen LogP contribution in [0.25, 0.3) is 0 Å². The van der Waals surface area contributed by atoms with Gasteiger partial charge in [-0.2, -0.15) is 0 Å². The van der Waals surface area contributed by atoms with Crippen LogP contribution in [-0.4, -0.2) is 10.1 Å². The molecule has 0 bridgehead atoms. The van der Waals surface area contributed by atoms with Crippen molar-refractivity contribution in [3.8, 4) is 0 Å². The summed E-state index contributed by atoms with van der Waals surface area (Å²) in [5.74, 6) is -0.386. The fourth-order valence-electron chi connectivity index (χ4n) is 1.31. The second kappa shape index (κ2) is 5.09. The Morgan fingerprint density at radius 3 is 2.75 bits per heavy atom. The van der Waals surface area contributed by atoms with Gasteiger partial charge < -0.3 is 5.11 Å². The van der Waals surface area contributed by atoms with Crippen LogP contribution >= 0.6 is 11.8 Å². The van der Waals surface area contributed by atoms with Crippen molar-refractivity contribution in [1.82, 2.24) is 4.98 Å². The van der Waals surface area contributed by atoms with Gasteiger partial charge in [0.05, 0.1) is 6.61 Å². The van der Waals surface area contributed by atoms with Crippen molar-refractivity contribution < 1.29 is 9.50 Å². The van der Waals surface area contributed by atoms with Gasteiger partial charge in [-0.1, -0.05) is 23.9 Å². The molecule has 1 aromatic heterocycles. The van der Waals surface area contributed by atoms with Crippen LogP contribution in [0.4, 0.5) is 4.39 Å². The molecule has 0 unspecified atom stereocenters. The van der Waals surface area contributed by atoms with E-state index in [4.69, 9.17) is 5.11 Å². The molecule has 0 aliphatic rings. The van der Waals surface area contributed by atoms with Gasteiger partial charge in [-0.3, -0.25) is 0 Å². The zero-order valence-corrected chi connectivity index (χ0v) is 9.25. The smallest absolute Gasteiger partial charge is 0.129 e. The molecule has 0 spiro atoms. The van der Waals surface area contributed by atoms with Gasteiger partial charge in [-0.15, -0.1) is 0 Å². The van der Waals surface area contributed by atoms with Gasteiger partial charge in [0.25, 0.3) is 0 Å². The Hall–Kier alpha value is -1.39. The third kappa shape index (κ3) is 2.40. The Labute approximate surface area is 97.2 Å². The summed E-state index contributed by atoms with van der Waals surface area (Å²) in [6.07, 6.45) is 1.68. The van der Waals surface area contributed by atoms with Gasteiger partial charge in [0.15, 0.2) is 0 Å². The van der Waals surface area contributed by atoms with Crippen LogP contribution in [-0.2, 0) is 6.61 Å². The van der Waals surface area contributed by atoms with E-state index in [2.05, 4.69) is 4.98 Å². The summed E-state index contributed by atoms with van der Waals surface area (Å²) in [7, 11) is 0. The third-order valence-electron chi connectivity index (χ3n) is 2.09. The van der Waals surface area contributed by atoms with Crippen LogP contribution in [0.2, 0.25) is 0 Å². The van der Waals surface area contributed by atoms with E-state index in [1.54, 1.807) is 18.3 Å². The summed E-state index contributed by atoms with van der Waals surface area (Å²) in [5.41, 5.74) is 0.318. The Morgan fingerprint density at radius 1 is 1.19 bits per heavy atom. The summed E-state index contributed by atoms with van der Waals surface area (Å²) in [6.45, 7) is -0.304. The molecular weight excluding hydrogens is 225 g/mol. The van der Waals surface area contributed by atoms with Crippen molar-refractivity contribution in [2.75, 3.05) is 0 Å². The van der Waals surface area contributed by atoms with Crippen molar-refractivity contribution >= 4 is 11.8 Å². The first-order valence-corrected chi connectivity index (χ1v) is 5.60. The molecule has 0 fully saturated rings. The van der Waals surface area contributed by atoms with Crippen LogP contribution < -0.4 is 0 Å². The minimum atomic E-state index is -0.386. The average Bonchev–Trinajstić information content (AvgIpc) is 2.31. The molecule has 1 N–H and O–H groups in total. The summed E-state index contributed by atoms with van der Waals surface area (Å²) in [5, 5.41) is 9.88. The van der Waals surface area contributed by atoms with E-state index in [0.717, 1.165) is 5.03 Å². The van der Waals surface area contributed by atoms with Gasteiger partial charge in [0.1, 0.15) is 10.8 Å². The molecule has 0 radical (unpaired) electrons. The predicted molar refractivity (Wildman–Crippen MR) is 60.7 cm³/mol. The molecule has 2 aromatic rings. The highest BCUT2D eigenvalue weighted by atomic mass is 32.2. The largest absolute Gasteiger partial charge is 0.392 e. The molecule has 2 rings (SSSR count). The fourth-order valence-corrected chi connectivity index (χ4v) is 2.23. The number of pyridine rings is 1. The number of rotatable bonds is 3. The normalized spacial score (nSPS) is 10.4. The zero-order chi connectivity index (χ0) is 11.4. The van der Waals surface area contributed by atoms with Crippen molar-refractivity contribution in [2.24, 2.45) is 0 Å². The lowest BCUT2D eigenvalue weighted by atomic mass is 10.2. The number of nitrogens with zero attached hydrogens (tertiary/aromatic N) is 1. The standard InChI is InChI=1S/C12H10FNOS/c13-10-4-3-5-11(9(10)8-15)16-12-6-1-2-7-14-12/h1-7,15H,8H2. The highest BCUT2D eigenvalue weighted by Crippen LogP contribution is 2.30. The second-order valence-corrected chi connectivity index (χ2v) is 4.21. The van der Waals surface area contributed by atoms with Crippen molar-refractivity contribution in [3.05, 3.63) is 54.0 Å². The molecule has 0 saturated heterocycles. The number of benzene rings is 1. The van der Waals surface area contributed by atoms with E-state index < -0.39 is 0 Å². The van der Waals surface area contributed by atoms with Gasteiger partial charge in [-0.25, -0.2) is 9.37 Å². The number of aliphatic hydroxyl groups is 1. The minimum absolute atomic E-state index is 0.304. The molecule has 0 saturated carbocycles. The third-order valence-corrected chi connectivity index (χ3v) is 3.14. The van der Waals surface area contributed by atoms with E-state index in [-0.39, 0.29) is 12.4 Å². The molecule has 82 valence electrons. The summed E-state index contributed by atoms with van der Waals surface area (Å²) < 4.78 is 13.4. The van der Waals surface area contributed by atoms with E-state index in [1.165, 1.54) is 17.8 Å². The molecule has 1 heterocycles.